The van der Waals surface area contributed by atoms with E-state index < -0.39 is 24.0 Å². The maximum absolute atomic E-state index is 11.7. The molecule has 0 radical (unpaired) electrons. The summed E-state index contributed by atoms with van der Waals surface area (Å²) in [6, 6.07) is 4.45. The first kappa shape index (κ1) is 16.8. The van der Waals surface area contributed by atoms with Gasteiger partial charge in [-0.1, -0.05) is 11.6 Å². The number of carbonyl (C=O) groups excluding carboxylic acids is 2. The van der Waals surface area contributed by atoms with E-state index >= 15 is 0 Å². The van der Waals surface area contributed by atoms with Crippen LogP contribution in [0.2, 0.25) is 5.02 Å². The molecule has 21 heavy (non-hydrogen) atoms. The lowest BCUT2D eigenvalue weighted by molar-refractivity contribution is -0.142. The van der Waals surface area contributed by atoms with Crippen LogP contribution >= 0.6 is 11.6 Å². The maximum atomic E-state index is 11.7. The van der Waals surface area contributed by atoms with Crippen molar-refractivity contribution in [1.29, 1.82) is 0 Å². The zero-order valence-electron chi connectivity index (χ0n) is 11.3. The van der Waals surface area contributed by atoms with Gasteiger partial charge in [0.25, 0.3) is 0 Å². The molecule has 1 aromatic rings. The number of urea groups is 1. The van der Waals surface area contributed by atoms with Crippen molar-refractivity contribution in [3.05, 3.63) is 29.3 Å². The highest BCUT2D eigenvalue weighted by molar-refractivity contribution is 6.30. The lowest BCUT2D eigenvalue weighted by Gasteiger charge is -2.14. The fourth-order valence-electron chi connectivity index (χ4n) is 1.48. The van der Waals surface area contributed by atoms with Crippen LogP contribution in [0.1, 0.15) is 12.8 Å². The summed E-state index contributed by atoms with van der Waals surface area (Å²) in [5.41, 5.74) is 0.467. The van der Waals surface area contributed by atoms with Crippen molar-refractivity contribution in [1.82, 2.24) is 5.32 Å². The lowest BCUT2D eigenvalue weighted by Crippen LogP contribution is -2.43. The SMILES string of the molecule is COC(=O)CCC(NC(=O)Nc1ccc(Cl)cc1)C(=O)O. The van der Waals surface area contributed by atoms with E-state index in [9.17, 15) is 14.4 Å². The number of hydrogen-bond acceptors (Lipinski definition) is 4. The van der Waals surface area contributed by atoms with Gasteiger partial charge in [0.1, 0.15) is 6.04 Å². The van der Waals surface area contributed by atoms with Crippen LogP contribution in [-0.2, 0) is 14.3 Å². The number of ether oxygens (including phenoxy) is 1. The number of rotatable bonds is 6. The van der Waals surface area contributed by atoms with E-state index in [0.29, 0.717) is 10.7 Å². The van der Waals surface area contributed by atoms with Crippen molar-refractivity contribution in [2.75, 3.05) is 12.4 Å². The average molecular weight is 315 g/mol. The molecule has 0 saturated heterocycles. The van der Waals surface area contributed by atoms with Crippen molar-refractivity contribution < 1.29 is 24.2 Å². The van der Waals surface area contributed by atoms with E-state index in [0.717, 1.165) is 0 Å². The Morgan fingerprint density at radius 3 is 2.43 bits per heavy atom. The number of halogens is 1. The van der Waals surface area contributed by atoms with Crippen molar-refractivity contribution in [3.8, 4) is 0 Å². The molecule has 114 valence electrons. The first-order chi connectivity index (χ1) is 9.92. The molecule has 0 aliphatic rings. The van der Waals surface area contributed by atoms with E-state index in [1.54, 1.807) is 24.3 Å². The van der Waals surface area contributed by atoms with Gasteiger partial charge >= 0.3 is 18.0 Å². The summed E-state index contributed by atoms with van der Waals surface area (Å²) < 4.78 is 4.42. The number of benzene rings is 1. The normalized spacial score (nSPS) is 11.3. The van der Waals surface area contributed by atoms with Crippen molar-refractivity contribution >= 4 is 35.3 Å². The summed E-state index contributed by atoms with van der Waals surface area (Å²) in [4.78, 5) is 33.7. The Kier molecular flexibility index (Phi) is 6.48. The smallest absolute Gasteiger partial charge is 0.326 e. The molecule has 0 saturated carbocycles. The number of hydrogen-bond donors (Lipinski definition) is 3. The van der Waals surface area contributed by atoms with Crippen LogP contribution in [0.4, 0.5) is 10.5 Å². The number of methoxy groups -OCH3 is 1. The summed E-state index contributed by atoms with van der Waals surface area (Å²) in [7, 11) is 1.21. The zero-order valence-corrected chi connectivity index (χ0v) is 12.0. The highest BCUT2D eigenvalue weighted by Gasteiger charge is 2.21. The van der Waals surface area contributed by atoms with Gasteiger partial charge in [0, 0.05) is 17.1 Å². The molecule has 1 aromatic carbocycles. The van der Waals surface area contributed by atoms with E-state index in [1.807, 2.05) is 0 Å². The number of carboxylic acid groups (broad SMARTS) is 1. The molecule has 7 nitrogen and oxygen atoms in total. The van der Waals surface area contributed by atoms with Crippen LogP contribution in [0.15, 0.2) is 24.3 Å². The van der Waals surface area contributed by atoms with Gasteiger partial charge in [-0.25, -0.2) is 9.59 Å². The molecule has 8 heteroatoms. The number of carboxylic acids is 1. The third-order valence-corrected chi connectivity index (χ3v) is 2.82. The Morgan fingerprint density at radius 2 is 1.90 bits per heavy atom. The van der Waals surface area contributed by atoms with Gasteiger partial charge < -0.3 is 20.5 Å². The second kappa shape index (κ2) is 8.11. The minimum Gasteiger partial charge on any atom is -0.480 e. The van der Waals surface area contributed by atoms with Gasteiger partial charge in [-0.05, 0) is 30.7 Å². The number of carbonyl (C=O) groups is 3. The van der Waals surface area contributed by atoms with Crippen molar-refractivity contribution in [3.63, 3.8) is 0 Å². The Hall–Kier alpha value is -2.28. The topological polar surface area (TPSA) is 105 Å². The first-order valence-corrected chi connectivity index (χ1v) is 6.43. The second-order valence-corrected chi connectivity index (χ2v) is 4.55. The zero-order chi connectivity index (χ0) is 15.8. The van der Waals surface area contributed by atoms with Crippen LogP contribution in [0.5, 0.6) is 0 Å². The fraction of sp³-hybridized carbons (Fsp3) is 0.308. The molecule has 0 spiro atoms. The molecule has 1 rings (SSSR count). The molecular formula is C13H15ClN2O5. The van der Waals surface area contributed by atoms with Crippen LogP contribution < -0.4 is 10.6 Å². The van der Waals surface area contributed by atoms with Crippen LogP contribution in [0, 0.1) is 0 Å². The molecule has 2 amide bonds. The van der Waals surface area contributed by atoms with Gasteiger partial charge in [0.2, 0.25) is 0 Å². The Labute approximate surface area is 126 Å². The Bertz CT molecular complexity index is 518. The number of amides is 2. The highest BCUT2D eigenvalue weighted by atomic mass is 35.5. The molecule has 0 heterocycles. The summed E-state index contributed by atoms with van der Waals surface area (Å²) in [5, 5.41) is 14.3. The first-order valence-electron chi connectivity index (χ1n) is 6.05. The molecular weight excluding hydrogens is 300 g/mol. The molecule has 0 fully saturated rings. The summed E-state index contributed by atoms with van der Waals surface area (Å²) in [5.74, 6) is -1.77. The second-order valence-electron chi connectivity index (χ2n) is 4.11. The molecule has 0 aliphatic heterocycles. The molecule has 0 aromatic heterocycles. The van der Waals surface area contributed by atoms with Crippen molar-refractivity contribution in [2.45, 2.75) is 18.9 Å². The number of aliphatic carboxylic acids is 1. The van der Waals surface area contributed by atoms with Gasteiger partial charge in [-0.15, -0.1) is 0 Å². The average Bonchev–Trinajstić information content (AvgIpc) is 2.45. The monoisotopic (exact) mass is 314 g/mol. The standard InChI is InChI=1S/C13H15ClN2O5/c1-21-11(17)7-6-10(12(18)19)16-13(20)15-9-4-2-8(14)3-5-9/h2-5,10H,6-7H2,1H3,(H,18,19)(H2,15,16,20). The third kappa shape index (κ3) is 6.13. The molecule has 0 aliphatic carbocycles. The third-order valence-electron chi connectivity index (χ3n) is 2.57. The van der Waals surface area contributed by atoms with Gasteiger partial charge in [0.05, 0.1) is 7.11 Å². The van der Waals surface area contributed by atoms with E-state index in [2.05, 4.69) is 15.4 Å². The van der Waals surface area contributed by atoms with E-state index in [4.69, 9.17) is 16.7 Å². The predicted octanol–water partition coefficient (Wildman–Crippen LogP) is 1.87. The van der Waals surface area contributed by atoms with Gasteiger partial charge in [-0.2, -0.15) is 0 Å². The van der Waals surface area contributed by atoms with Crippen molar-refractivity contribution in [2.24, 2.45) is 0 Å². The summed E-state index contributed by atoms with van der Waals surface area (Å²) in [6.45, 7) is 0. The maximum Gasteiger partial charge on any atom is 0.326 e. The minimum absolute atomic E-state index is 0.0595. The molecule has 0 bridgehead atoms. The van der Waals surface area contributed by atoms with Crippen LogP contribution in [0.3, 0.4) is 0 Å². The lowest BCUT2D eigenvalue weighted by atomic mass is 10.1. The Morgan fingerprint density at radius 1 is 1.29 bits per heavy atom. The number of anilines is 1. The van der Waals surface area contributed by atoms with E-state index in [1.165, 1.54) is 7.11 Å². The fourth-order valence-corrected chi connectivity index (χ4v) is 1.61. The molecule has 1 unspecified atom stereocenters. The number of nitrogens with one attached hydrogen (secondary N) is 2. The Balaban J connectivity index is 2.54. The quantitative estimate of drug-likeness (QED) is 0.695. The van der Waals surface area contributed by atoms with E-state index in [-0.39, 0.29) is 12.8 Å². The summed E-state index contributed by atoms with van der Waals surface area (Å²) >= 11 is 5.71. The number of esters is 1. The predicted molar refractivity (Wildman–Crippen MR) is 76.3 cm³/mol. The summed E-state index contributed by atoms with van der Waals surface area (Å²) in [6.07, 6.45) is -0.162. The van der Waals surface area contributed by atoms with Gasteiger partial charge in [0.15, 0.2) is 0 Å². The van der Waals surface area contributed by atoms with Gasteiger partial charge in [-0.3, -0.25) is 4.79 Å². The van der Waals surface area contributed by atoms with Crippen LogP contribution in [-0.4, -0.2) is 36.2 Å². The molecule has 1 atom stereocenters. The molecule has 3 N–H and O–H groups in total. The largest absolute Gasteiger partial charge is 0.480 e. The van der Waals surface area contributed by atoms with Crippen LogP contribution in [0.25, 0.3) is 0 Å². The highest BCUT2D eigenvalue weighted by Crippen LogP contribution is 2.13. The minimum atomic E-state index is -1.23.